The van der Waals surface area contributed by atoms with Crippen molar-refractivity contribution < 1.29 is 12.8 Å². The van der Waals surface area contributed by atoms with Gasteiger partial charge in [0.1, 0.15) is 5.82 Å². The molecule has 2 aromatic carbocycles. The molecule has 2 aromatic rings. The van der Waals surface area contributed by atoms with Crippen LogP contribution in [0.3, 0.4) is 0 Å². The molecule has 0 aliphatic heterocycles. The Morgan fingerprint density at radius 2 is 1.95 bits per heavy atom. The molecular weight excluding hydrogens is 313 g/mol. The van der Waals surface area contributed by atoms with E-state index in [0.29, 0.717) is 6.42 Å². The number of fused-ring (bicyclic) bond motifs is 1. The molecular formula is C15H13ClFNO2S. The highest BCUT2D eigenvalue weighted by molar-refractivity contribution is 7.89. The van der Waals surface area contributed by atoms with Crippen LogP contribution in [-0.4, -0.2) is 8.42 Å². The van der Waals surface area contributed by atoms with Crippen molar-refractivity contribution in [1.29, 1.82) is 0 Å². The van der Waals surface area contributed by atoms with E-state index in [-0.39, 0.29) is 16.0 Å². The Balaban J connectivity index is 1.89. The quantitative estimate of drug-likeness (QED) is 0.939. The lowest BCUT2D eigenvalue weighted by Crippen LogP contribution is -2.27. The van der Waals surface area contributed by atoms with E-state index in [2.05, 4.69) is 4.72 Å². The maximum atomic E-state index is 13.1. The topological polar surface area (TPSA) is 46.2 Å². The summed E-state index contributed by atoms with van der Waals surface area (Å²) in [5, 5.41) is -0.204. The van der Waals surface area contributed by atoms with Gasteiger partial charge in [-0.15, -0.1) is 0 Å². The third-order valence-corrected chi connectivity index (χ3v) is 5.39. The van der Waals surface area contributed by atoms with Gasteiger partial charge in [0.2, 0.25) is 10.0 Å². The van der Waals surface area contributed by atoms with Crippen LogP contribution in [-0.2, 0) is 16.4 Å². The first-order valence-corrected chi connectivity index (χ1v) is 8.39. The van der Waals surface area contributed by atoms with Crippen molar-refractivity contribution in [1.82, 2.24) is 4.72 Å². The monoisotopic (exact) mass is 325 g/mol. The van der Waals surface area contributed by atoms with E-state index in [1.54, 1.807) is 0 Å². The van der Waals surface area contributed by atoms with Gasteiger partial charge in [-0.1, -0.05) is 35.9 Å². The van der Waals surface area contributed by atoms with Crippen molar-refractivity contribution in [2.75, 3.05) is 0 Å². The van der Waals surface area contributed by atoms with Gasteiger partial charge in [0, 0.05) is 6.04 Å². The van der Waals surface area contributed by atoms with Crippen LogP contribution in [0.1, 0.15) is 23.6 Å². The van der Waals surface area contributed by atoms with E-state index in [0.717, 1.165) is 29.7 Å². The third-order valence-electron chi connectivity index (χ3n) is 3.63. The lowest BCUT2D eigenvalue weighted by atomic mass is 10.1. The predicted molar refractivity (Wildman–Crippen MR) is 79.2 cm³/mol. The summed E-state index contributed by atoms with van der Waals surface area (Å²) in [6.07, 6.45) is 1.56. The van der Waals surface area contributed by atoms with E-state index in [1.165, 1.54) is 6.07 Å². The highest BCUT2D eigenvalue weighted by atomic mass is 35.5. The van der Waals surface area contributed by atoms with Crippen molar-refractivity contribution in [3.8, 4) is 0 Å². The molecule has 1 N–H and O–H groups in total. The molecule has 6 heteroatoms. The maximum Gasteiger partial charge on any atom is 0.241 e. The van der Waals surface area contributed by atoms with Gasteiger partial charge in [0.05, 0.1) is 9.92 Å². The molecule has 1 atom stereocenters. The average molecular weight is 326 g/mol. The van der Waals surface area contributed by atoms with Gasteiger partial charge < -0.3 is 0 Å². The molecule has 0 heterocycles. The molecule has 0 spiro atoms. The van der Waals surface area contributed by atoms with Crippen LogP contribution in [0, 0.1) is 5.82 Å². The second kappa shape index (κ2) is 5.40. The van der Waals surface area contributed by atoms with Crippen molar-refractivity contribution in [2.45, 2.75) is 23.8 Å². The van der Waals surface area contributed by atoms with E-state index in [4.69, 9.17) is 11.6 Å². The number of hydrogen-bond acceptors (Lipinski definition) is 2. The zero-order valence-corrected chi connectivity index (χ0v) is 12.6. The average Bonchev–Trinajstić information content (AvgIpc) is 2.85. The van der Waals surface area contributed by atoms with Gasteiger partial charge in [-0.25, -0.2) is 17.5 Å². The summed E-state index contributed by atoms with van der Waals surface area (Å²) in [5.41, 5.74) is 2.15. The minimum absolute atomic E-state index is 0.0294. The van der Waals surface area contributed by atoms with Crippen LogP contribution in [0.4, 0.5) is 4.39 Å². The lowest BCUT2D eigenvalue weighted by molar-refractivity contribution is 0.554. The molecule has 110 valence electrons. The van der Waals surface area contributed by atoms with Crippen LogP contribution in [0.2, 0.25) is 5.02 Å². The summed E-state index contributed by atoms with van der Waals surface area (Å²) in [6, 6.07) is 10.9. The molecule has 0 amide bonds. The molecule has 0 fully saturated rings. The van der Waals surface area contributed by atoms with Crippen LogP contribution >= 0.6 is 11.6 Å². The van der Waals surface area contributed by atoms with Gasteiger partial charge in [0.15, 0.2) is 0 Å². The van der Waals surface area contributed by atoms with Crippen LogP contribution in [0.15, 0.2) is 47.4 Å². The first-order chi connectivity index (χ1) is 9.97. The molecule has 21 heavy (non-hydrogen) atoms. The summed E-state index contributed by atoms with van der Waals surface area (Å²) in [5.74, 6) is -0.637. The molecule has 1 aliphatic rings. The predicted octanol–water partition coefficient (Wildman–Crippen LogP) is 3.44. The summed E-state index contributed by atoms with van der Waals surface area (Å²) < 4.78 is 40.5. The fourth-order valence-corrected chi connectivity index (χ4v) is 4.10. The summed E-state index contributed by atoms with van der Waals surface area (Å²) in [7, 11) is -3.73. The minimum atomic E-state index is -3.73. The Bertz CT molecular complexity index is 792. The van der Waals surface area contributed by atoms with E-state index >= 15 is 0 Å². The number of benzene rings is 2. The number of halogens is 2. The SMILES string of the molecule is O=S(=O)(NC1CCc2ccccc21)c1ccc(F)c(Cl)c1. The minimum Gasteiger partial charge on any atom is -0.207 e. The molecule has 3 nitrogen and oxygen atoms in total. The molecule has 0 aromatic heterocycles. The van der Waals surface area contributed by atoms with Crippen LogP contribution < -0.4 is 4.72 Å². The van der Waals surface area contributed by atoms with Crippen molar-refractivity contribution in [3.63, 3.8) is 0 Å². The summed E-state index contributed by atoms with van der Waals surface area (Å²) >= 11 is 5.65. The fraction of sp³-hybridized carbons (Fsp3) is 0.200. The highest BCUT2D eigenvalue weighted by Crippen LogP contribution is 2.32. The second-order valence-electron chi connectivity index (χ2n) is 4.99. The van der Waals surface area contributed by atoms with E-state index < -0.39 is 15.8 Å². The molecule has 0 saturated carbocycles. The normalized spacial score (nSPS) is 17.7. The number of aryl methyl sites for hydroxylation is 1. The van der Waals surface area contributed by atoms with Gasteiger partial charge >= 0.3 is 0 Å². The Labute approximate surface area is 127 Å². The Kier molecular flexibility index (Phi) is 3.73. The molecule has 0 bridgehead atoms. The van der Waals surface area contributed by atoms with Crippen molar-refractivity contribution >= 4 is 21.6 Å². The Hall–Kier alpha value is -1.43. The maximum absolute atomic E-state index is 13.1. The van der Waals surface area contributed by atoms with Crippen LogP contribution in [0.5, 0.6) is 0 Å². The molecule has 1 unspecified atom stereocenters. The van der Waals surface area contributed by atoms with Gasteiger partial charge in [-0.2, -0.15) is 0 Å². The summed E-state index contributed by atoms with van der Waals surface area (Å²) in [6.45, 7) is 0. The first-order valence-electron chi connectivity index (χ1n) is 6.52. The van der Waals surface area contributed by atoms with Crippen molar-refractivity contribution in [2.24, 2.45) is 0 Å². The molecule has 1 aliphatic carbocycles. The Morgan fingerprint density at radius 3 is 2.71 bits per heavy atom. The number of nitrogens with one attached hydrogen (secondary N) is 1. The first kappa shape index (κ1) is 14.5. The zero-order chi connectivity index (χ0) is 15.0. The van der Waals surface area contributed by atoms with Gasteiger partial charge in [0.25, 0.3) is 0 Å². The van der Waals surface area contributed by atoms with Crippen LogP contribution in [0.25, 0.3) is 0 Å². The highest BCUT2D eigenvalue weighted by Gasteiger charge is 2.27. The second-order valence-corrected chi connectivity index (χ2v) is 7.11. The lowest BCUT2D eigenvalue weighted by Gasteiger charge is -2.14. The Morgan fingerprint density at radius 1 is 1.19 bits per heavy atom. The van der Waals surface area contributed by atoms with E-state index in [1.807, 2.05) is 24.3 Å². The van der Waals surface area contributed by atoms with Gasteiger partial charge in [-0.05, 0) is 42.2 Å². The smallest absolute Gasteiger partial charge is 0.207 e. The third kappa shape index (κ3) is 2.81. The standard InChI is InChI=1S/C15H13ClFNO2S/c16-13-9-11(6-7-14(13)17)21(19,20)18-15-8-5-10-3-1-2-4-12(10)15/h1-4,6-7,9,15,18H,5,8H2. The number of sulfonamides is 1. The molecule has 3 rings (SSSR count). The largest absolute Gasteiger partial charge is 0.241 e. The van der Waals surface area contributed by atoms with Crippen molar-refractivity contribution in [3.05, 3.63) is 64.4 Å². The van der Waals surface area contributed by atoms with E-state index in [9.17, 15) is 12.8 Å². The number of hydrogen-bond donors (Lipinski definition) is 1. The molecule has 0 saturated heterocycles. The summed E-state index contributed by atoms with van der Waals surface area (Å²) in [4.78, 5) is -0.0294. The molecule has 0 radical (unpaired) electrons. The van der Waals surface area contributed by atoms with Gasteiger partial charge in [-0.3, -0.25) is 0 Å². The zero-order valence-electron chi connectivity index (χ0n) is 11.0. The number of rotatable bonds is 3. The fourth-order valence-electron chi connectivity index (χ4n) is 2.58.